The molecule has 0 bridgehead atoms. The van der Waals surface area contributed by atoms with E-state index in [0.717, 1.165) is 29.9 Å². The van der Waals surface area contributed by atoms with Gasteiger partial charge in [-0.25, -0.2) is 9.59 Å². The highest BCUT2D eigenvalue weighted by atomic mass is 16.5. The van der Waals surface area contributed by atoms with Gasteiger partial charge in [-0.1, -0.05) is 63.6 Å². The second kappa shape index (κ2) is 14.9. The minimum Gasteiger partial charge on any atom is -0.458 e. The molecule has 2 aliphatic rings. The average molecular weight is 547 g/mol. The van der Waals surface area contributed by atoms with Crippen molar-refractivity contribution in [1.82, 2.24) is 0 Å². The Hall–Kier alpha value is -3.28. The lowest BCUT2D eigenvalue weighted by Gasteiger charge is -2.38. The van der Waals surface area contributed by atoms with E-state index in [1.807, 2.05) is 12.1 Å². The van der Waals surface area contributed by atoms with Crippen LogP contribution in [0.4, 0.5) is 11.4 Å². The van der Waals surface area contributed by atoms with Crippen LogP contribution >= 0.6 is 0 Å². The smallest absolute Gasteiger partial charge is 0.336 e. The van der Waals surface area contributed by atoms with Gasteiger partial charge in [0.1, 0.15) is 12.4 Å². The first kappa shape index (κ1) is 29.7. The van der Waals surface area contributed by atoms with Gasteiger partial charge in [-0.3, -0.25) is 0 Å². The lowest BCUT2D eigenvalue weighted by atomic mass is 9.68. The van der Waals surface area contributed by atoms with Crippen LogP contribution in [-0.4, -0.2) is 11.9 Å². The summed E-state index contributed by atoms with van der Waals surface area (Å²) in [6.45, 7) is 2.29. The lowest BCUT2D eigenvalue weighted by Crippen LogP contribution is -2.25. The molecule has 2 aromatic carbocycles. The van der Waals surface area contributed by atoms with Gasteiger partial charge in [0.25, 0.3) is 0 Å². The van der Waals surface area contributed by atoms with Crippen LogP contribution in [0.2, 0.25) is 0 Å². The van der Waals surface area contributed by atoms with E-state index in [-0.39, 0.29) is 6.61 Å². The number of carbonyl (C=O) groups is 2. The largest absolute Gasteiger partial charge is 0.458 e. The molecule has 6 nitrogen and oxygen atoms in total. The Bertz CT molecular complexity index is 1130. The molecule has 6 heteroatoms. The molecule has 4 N–H and O–H groups in total. The molecular weight excluding hydrogens is 500 g/mol. The molecule has 2 saturated carbocycles. The normalized spacial score (nSPS) is 23.1. The van der Waals surface area contributed by atoms with Crippen molar-refractivity contribution in [1.29, 1.82) is 0 Å². The maximum atomic E-state index is 12.2. The third kappa shape index (κ3) is 8.87. The highest BCUT2D eigenvalue weighted by molar-refractivity contribution is 5.92. The number of unbranched alkanes of at least 4 members (excludes halogenated alkanes) is 2. The van der Waals surface area contributed by atoms with E-state index in [2.05, 4.69) is 19.1 Å². The van der Waals surface area contributed by atoms with Gasteiger partial charge in [-0.05, 0) is 92.0 Å². The number of anilines is 2. The van der Waals surface area contributed by atoms with Crippen molar-refractivity contribution in [2.24, 2.45) is 17.8 Å². The Morgan fingerprint density at radius 3 is 2.12 bits per heavy atom. The lowest BCUT2D eigenvalue weighted by molar-refractivity contribution is -0.139. The van der Waals surface area contributed by atoms with E-state index in [1.165, 1.54) is 82.6 Å². The summed E-state index contributed by atoms with van der Waals surface area (Å²) < 4.78 is 10.5. The molecule has 0 spiro atoms. The molecule has 0 aliphatic heterocycles. The summed E-state index contributed by atoms with van der Waals surface area (Å²) in [7, 11) is 0. The third-order valence-electron chi connectivity index (χ3n) is 9.01. The third-order valence-corrected chi connectivity index (χ3v) is 9.01. The molecule has 2 fully saturated rings. The summed E-state index contributed by atoms with van der Waals surface area (Å²) in [5.74, 6) is 2.58. The summed E-state index contributed by atoms with van der Waals surface area (Å²) in [6.07, 6.45) is 18.6. The molecule has 0 heterocycles. The zero-order valence-electron chi connectivity index (χ0n) is 24.0. The molecule has 40 heavy (non-hydrogen) atoms. The van der Waals surface area contributed by atoms with E-state index in [0.29, 0.717) is 28.6 Å². The molecule has 0 saturated heterocycles. The van der Waals surface area contributed by atoms with Gasteiger partial charge >= 0.3 is 11.9 Å². The van der Waals surface area contributed by atoms with E-state index in [1.54, 1.807) is 18.2 Å². The van der Waals surface area contributed by atoms with Crippen LogP contribution in [0.3, 0.4) is 0 Å². The van der Waals surface area contributed by atoms with Crippen LogP contribution in [0.25, 0.3) is 0 Å². The molecule has 0 radical (unpaired) electrons. The Balaban J connectivity index is 1.16. The Kier molecular flexibility index (Phi) is 11.1. The molecule has 0 aromatic heterocycles. The molecule has 216 valence electrons. The van der Waals surface area contributed by atoms with Crippen molar-refractivity contribution in [3.63, 3.8) is 0 Å². The Labute approximate surface area is 239 Å². The van der Waals surface area contributed by atoms with Crippen LogP contribution in [0.15, 0.2) is 54.6 Å². The van der Waals surface area contributed by atoms with Gasteiger partial charge in [-0.2, -0.15) is 0 Å². The topological polar surface area (TPSA) is 105 Å². The summed E-state index contributed by atoms with van der Waals surface area (Å²) >= 11 is 0. The summed E-state index contributed by atoms with van der Waals surface area (Å²) in [4.78, 5) is 24.2. The first-order valence-electron chi connectivity index (χ1n) is 15.2. The van der Waals surface area contributed by atoms with Crippen molar-refractivity contribution in [3.8, 4) is 5.75 Å². The van der Waals surface area contributed by atoms with E-state index < -0.39 is 11.9 Å². The zero-order valence-corrected chi connectivity index (χ0v) is 24.0. The fraction of sp³-hybridized carbons (Fsp3) is 0.529. The molecule has 4 rings (SSSR count). The number of rotatable bonds is 11. The first-order valence-corrected chi connectivity index (χ1v) is 15.2. The van der Waals surface area contributed by atoms with Gasteiger partial charge in [0.2, 0.25) is 0 Å². The number of carbonyl (C=O) groups excluding carboxylic acids is 2. The fourth-order valence-corrected chi connectivity index (χ4v) is 6.59. The molecule has 0 atom stereocenters. The predicted octanol–water partition coefficient (Wildman–Crippen LogP) is 7.72. The minimum atomic E-state index is -0.654. The standard InChI is InChI=1S/C34H46N2O4/c1-2-3-4-5-24-6-8-25(9-7-24)26-10-12-27(13-11-26)28-15-18-31(19-16-28)40-34(38)21-20-33(37)39-23-29-14-17-30(35)22-32(29)36/h14-22,24-27H,2-13,23,35-36H2,1H3/b21-20-. The van der Waals surface area contributed by atoms with E-state index in [4.69, 9.17) is 20.9 Å². The van der Waals surface area contributed by atoms with Crippen molar-refractivity contribution < 1.29 is 19.1 Å². The second-order valence-electron chi connectivity index (χ2n) is 11.8. The minimum absolute atomic E-state index is 0.00600. The zero-order chi connectivity index (χ0) is 28.3. The number of hydrogen-bond acceptors (Lipinski definition) is 6. The predicted molar refractivity (Wildman–Crippen MR) is 161 cm³/mol. The second-order valence-corrected chi connectivity index (χ2v) is 11.8. The van der Waals surface area contributed by atoms with Crippen LogP contribution in [0, 0.1) is 17.8 Å². The van der Waals surface area contributed by atoms with Gasteiger partial charge in [0.05, 0.1) is 0 Å². The van der Waals surface area contributed by atoms with Crippen LogP contribution < -0.4 is 16.2 Å². The quantitative estimate of drug-likeness (QED) is 0.0983. The number of ether oxygens (including phenoxy) is 2. The van der Waals surface area contributed by atoms with Crippen molar-refractivity contribution >= 4 is 23.3 Å². The van der Waals surface area contributed by atoms with Gasteiger partial charge in [0, 0.05) is 29.1 Å². The van der Waals surface area contributed by atoms with Crippen molar-refractivity contribution in [2.75, 3.05) is 11.5 Å². The van der Waals surface area contributed by atoms with Gasteiger partial charge < -0.3 is 20.9 Å². The van der Waals surface area contributed by atoms with Crippen LogP contribution in [0.5, 0.6) is 5.75 Å². The molecule has 2 aliphatic carbocycles. The monoisotopic (exact) mass is 546 g/mol. The number of hydrogen-bond donors (Lipinski definition) is 2. The summed E-state index contributed by atoms with van der Waals surface area (Å²) in [5.41, 5.74) is 14.5. The summed E-state index contributed by atoms with van der Waals surface area (Å²) in [5, 5.41) is 0. The maximum Gasteiger partial charge on any atom is 0.336 e. The summed E-state index contributed by atoms with van der Waals surface area (Å²) in [6, 6.07) is 12.8. The molecule has 0 unspecified atom stereocenters. The number of esters is 2. The average Bonchev–Trinajstić information content (AvgIpc) is 2.97. The first-order chi connectivity index (χ1) is 19.4. The maximum absolute atomic E-state index is 12.2. The Morgan fingerprint density at radius 1 is 0.825 bits per heavy atom. The van der Waals surface area contributed by atoms with Crippen LogP contribution in [-0.2, 0) is 20.9 Å². The molecule has 0 amide bonds. The van der Waals surface area contributed by atoms with Gasteiger partial charge in [-0.15, -0.1) is 0 Å². The number of nitrogen functional groups attached to an aromatic ring is 2. The van der Waals surface area contributed by atoms with Crippen LogP contribution in [0.1, 0.15) is 101 Å². The fourth-order valence-electron chi connectivity index (χ4n) is 6.59. The highest BCUT2D eigenvalue weighted by Crippen LogP contribution is 2.44. The van der Waals surface area contributed by atoms with E-state index >= 15 is 0 Å². The SMILES string of the molecule is CCCCCC1CCC(C2CCC(c3ccc(OC(=O)/C=C\C(=O)OCc4ccc(N)cc4N)cc3)CC2)CC1. The van der Waals surface area contributed by atoms with Crippen molar-refractivity contribution in [3.05, 3.63) is 65.7 Å². The number of nitrogens with two attached hydrogens (primary N) is 2. The highest BCUT2D eigenvalue weighted by Gasteiger charge is 2.31. The van der Waals surface area contributed by atoms with Crippen molar-refractivity contribution in [2.45, 2.75) is 96.5 Å². The van der Waals surface area contributed by atoms with Gasteiger partial charge in [0.15, 0.2) is 0 Å². The molecular formula is C34H46N2O4. The van der Waals surface area contributed by atoms with E-state index in [9.17, 15) is 9.59 Å². The molecule has 2 aromatic rings. The number of benzene rings is 2. The Morgan fingerprint density at radius 2 is 1.48 bits per heavy atom.